The molecule has 5 nitrogen and oxygen atoms in total. The van der Waals surface area contributed by atoms with Crippen molar-refractivity contribution in [1.29, 1.82) is 5.26 Å². The minimum atomic E-state index is -0.602. The van der Waals surface area contributed by atoms with Gasteiger partial charge in [-0.2, -0.15) is 5.26 Å². The molecule has 1 heterocycles. The van der Waals surface area contributed by atoms with Crippen molar-refractivity contribution < 1.29 is 14.3 Å². The molecule has 1 amide bonds. The number of amides is 1. The number of esters is 1. The Morgan fingerprint density at radius 3 is 2.44 bits per heavy atom. The summed E-state index contributed by atoms with van der Waals surface area (Å²) >= 11 is 0. The Balaban J connectivity index is 2.47. The Bertz CT molecular complexity index is 314. The summed E-state index contributed by atoms with van der Waals surface area (Å²) in [6, 6.07) is 1.92. The van der Waals surface area contributed by atoms with E-state index in [0.29, 0.717) is 25.9 Å². The molecular formula is C11H16N2O3. The van der Waals surface area contributed by atoms with E-state index in [9.17, 15) is 9.59 Å². The van der Waals surface area contributed by atoms with Crippen LogP contribution in [0.3, 0.4) is 0 Å². The summed E-state index contributed by atoms with van der Waals surface area (Å²) < 4.78 is 4.66. The second kappa shape index (κ2) is 5.50. The molecule has 0 spiro atoms. The molecule has 1 aliphatic rings. The molecule has 0 radical (unpaired) electrons. The van der Waals surface area contributed by atoms with Crippen LogP contribution in [0.15, 0.2) is 0 Å². The lowest BCUT2D eigenvalue weighted by Gasteiger charge is -2.31. The second-order valence-corrected chi connectivity index (χ2v) is 3.97. The van der Waals surface area contributed by atoms with Gasteiger partial charge in [-0.3, -0.25) is 9.59 Å². The molecule has 1 unspecified atom stereocenters. The summed E-state index contributed by atoms with van der Waals surface area (Å²) in [6.07, 6.45) is 1.24. The molecule has 0 aromatic rings. The molecule has 1 saturated heterocycles. The van der Waals surface area contributed by atoms with E-state index >= 15 is 0 Å². The number of methoxy groups -OCH3 is 1. The van der Waals surface area contributed by atoms with E-state index in [-0.39, 0.29) is 17.8 Å². The standard InChI is InChI=1S/C11H16N2O3/c1-8(7-12)10(14)13-5-3-9(4-6-13)11(15)16-2/h8-9H,3-6H2,1-2H3. The second-order valence-electron chi connectivity index (χ2n) is 3.97. The first kappa shape index (κ1) is 12.5. The van der Waals surface area contributed by atoms with Gasteiger partial charge in [0.15, 0.2) is 0 Å². The Labute approximate surface area is 95.0 Å². The van der Waals surface area contributed by atoms with Crippen LogP contribution in [-0.4, -0.2) is 37.0 Å². The van der Waals surface area contributed by atoms with E-state index in [0.717, 1.165) is 0 Å². The van der Waals surface area contributed by atoms with Gasteiger partial charge in [-0.05, 0) is 19.8 Å². The highest BCUT2D eigenvalue weighted by molar-refractivity contribution is 5.81. The molecule has 0 saturated carbocycles. The van der Waals surface area contributed by atoms with E-state index in [1.165, 1.54) is 7.11 Å². The van der Waals surface area contributed by atoms with Gasteiger partial charge in [0, 0.05) is 13.1 Å². The van der Waals surface area contributed by atoms with Crippen LogP contribution in [0.4, 0.5) is 0 Å². The lowest BCUT2D eigenvalue weighted by molar-refractivity contribution is -0.149. The highest BCUT2D eigenvalue weighted by Gasteiger charge is 2.29. The topological polar surface area (TPSA) is 70.4 Å². The maximum absolute atomic E-state index is 11.7. The highest BCUT2D eigenvalue weighted by atomic mass is 16.5. The Kier molecular flexibility index (Phi) is 4.29. The number of likely N-dealkylation sites (tertiary alicyclic amines) is 1. The number of hydrogen-bond donors (Lipinski definition) is 0. The fourth-order valence-electron chi connectivity index (χ4n) is 1.83. The number of carbonyl (C=O) groups is 2. The quantitative estimate of drug-likeness (QED) is 0.642. The maximum Gasteiger partial charge on any atom is 0.308 e. The smallest absolute Gasteiger partial charge is 0.308 e. The van der Waals surface area contributed by atoms with Gasteiger partial charge in [0.25, 0.3) is 0 Å². The van der Waals surface area contributed by atoms with Crippen molar-refractivity contribution in [2.75, 3.05) is 20.2 Å². The molecule has 16 heavy (non-hydrogen) atoms. The summed E-state index contributed by atoms with van der Waals surface area (Å²) in [4.78, 5) is 24.6. The van der Waals surface area contributed by atoms with Crippen LogP contribution in [0, 0.1) is 23.2 Å². The number of ether oxygens (including phenoxy) is 1. The number of hydrogen-bond acceptors (Lipinski definition) is 4. The predicted molar refractivity (Wildman–Crippen MR) is 56.1 cm³/mol. The van der Waals surface area contributed by atoms with Gasteiger partial charge in [0.1, 0.15) is 5.92 Å². The largest absolute Gasteiger partial charge is 0.469 e. The van der Waals surface area contributed by atoms with Crippen molar-refractivity contribution in [3.63, 3.8) is 0 Å². The Morgan fingerprint density at radius 1 is 1.44 bits per heavy atom. The number of carbonyl (C=O) groups excluding carboxylic acids is 2. The lowest BCUT2D eigenvalue weighted by atomic mass is 9.96. The average Bonchev–Trinajstić information content (AvgIpc) is 2.36. The molecule has 1 rings (SSSR count). The minimum absolute atomic E-state index is 0.105. The molecule has 0 N–H and O–H groups in total. The third-order valence-corrected chi connectivity index (χ3v) is 2.91. The molecule has 1 fully saturated rings. The Hall–Kier alpha value is -1.57. The van der Waals surface area contributed by atoms with Crippen LogP contribution < -0.4 is 0 Å². The summed E-state index contributed by atoms with van der Waals surface area (Å²) in [5, 5.41) is 8.64. The fraction of sp³-hybridized carbons (Fsp3) is 0.727. The van der Waals surface area contributed by atoms with Crippen LogP contribution in [0.25, 0.3) is 0 Å². The van der Waals surface area contributed by atoms with Gasteiger partial charge < -0.3 is 9.64 Å². The molecule has 88 valence electrons. The van der Waals surface area contributed by atoms with E-state index in [1.54, 1.807) is 11.8 Å². The molecule has 1 atom stereocenters. The molecule has 0 bridgehead atoms. The van der Waals surface area contributed by atoms with Gasteiger partial charge in [-0.15, -0.1) is 0 Å². The monoisotopic (exact) mass is 224 g/mol. The van der Waals surface area contributed by atoms with E-state index in [4.69, 9.17) is 5.26 Å². The molecular weight excluding hydrogens is 208 g/mol. The zero-order valence-corrected chi connectivity index (χ0v) is 9.60. The van der Waals surface area contributed by atoms with Gasteiger partial charge in [-0.1, -0.05) is 0 Å². The normalized spacial score (nSPS) is 18.7. The number of nitriles is 1. The number of piperidine rings is 1. The van der Waals surface area contributed by atoms with Crippen molar-refractivity contribution in [1.82, 2.24) is 4.90 Å². The van der Waals surface area contributed by atoms with Gasteiger partial charge in [0.05, 0.1) is 19.1 Å². The van der Waals surface area contributed by atoms with E-state index in [1.807, 2.05) is 6.07 Å². The summed E-state index contributed by atoms with van der Waals surface area (Å²) in [6.45, 7) is 2.66. The predicted octanol–water partition coefficient (Wildman–Crippen LogP) is 0.558. The summed E-state index contributed by atoms with van der Waals surface area (Å²) in [5.41, 5.74) is 0. The van der Waals surface area contributed by atoms with Crippen LogP contribution in [0.5, 0.6) is 0 Å². The van der Waals surface area contributed by atoms with Crippen LogP contribution in [0.2, 0.25) is 0 Å². The minimum Gasteiger partial charge on any atom is -0.469 e. The van der Waals surface area contributed by atoms with E-state index in [2.05, 4.69) is 4.74 Å². The van der Waals surface area contributed by atoms with E-state index < -0.39 is 5.92 Å². The van der Waals surface area contributed by atoms with Crippen molar-refractivity contribution in [2.45, 2.75) is 19.8 Å². The first-order chi connectivity index (χ1) is 7.60. The Morgan fingerprint density at radius 2 is 2.00 bits per heavy atom. The van der Waals surface area contributed by atoms with Crippen molar-refractivity contribution in [3.05, 3.63) is 0 Å². The van der Waals surface area contributed by atoms with Crippen LogP contribution in [0.1, 0.15) is 19.8 Å². The highest BCUT2D eigenvalue weighted by Crippen LogP contribution is 2.19. The SMILES string of the molecule is COC(=O)C1CCN(C(=O)C(C)C#N)CC1. The first-order valence-corrected chi connectivity index (χ1v) is 5.36. The number of rotatable bonds is 2. The zero-order chi connectivity index (χ0) is 12.1. The van der Waals surface area contributed by atoms with Crippen molar-refractivity contribution in [2.24, 2.45) is 11.8 Å². The summed E-state index contributed by atoms with van der Waals surface area (Å²) in [7, 11) is 1.37. The van der Waals surface area contributed by atoms with Crippen molar-refractivity contribution >= 4 is 11.9 Å². The molecule has 0 aromatic carbocycles. The zero-order valence-electron chi connectivity index (χ0n) is 9.60. The molecule has 0 aromatic heterocycles. The van der Waals surface area contributed by atoms with Gasteiger partial charge in [-0.25, -0.2) is 0 Å². The fourth-order valence-corrected chi connectivity index (χ4v) is 1.83. The lowest BCUT2D eigenvalue weighted by Crippen LogP contribution is -2.42. The average molecular weight is 224 g/mol. The third-order valence-electron chi connectivity index (χ3n) is 2.91. The maximum atomic E-state index is 11.7. The first-order valence-electron chi connectivity index (χ1n) is 5.36. The van der Waals surface area contributed by atoms with Gasteiger partial charge >= 0.3 is 5.97 Å². The third kappa shape index (κ3) is 2.72. The molecule has 5 heteroatoms. The molecule has 1 aliphatic heterocycles. The molecule has 0 aliphatic carbocycles. The van der Waals surface area contributed by atoms with Crippen LogP contribution in [-0.2, 0) is 14.3 Å². The van der Waals surface area contributed by atoms with Crippen LogP contribution >= 0.6 is 0 Å². The number of nitrogens with zero attached hydrogens (tertiary/aromatic N) is 2. The summed E-state index contributed by atoms with van der Waals surface area (Å²) in [5.74, 6) is -1.06. The van der Waals surface area contributed by atoms with Crippen molar-refractivity contribution in [3.8, 4) is 6.07 Å². The van der Waals surface area contributed by atoms with Gasteiger partial charge in [0.2, 0.25) is 5.91 Å².